The van der Waals surface area contributed by atoms with Crippen molar-refractivity contribution >= 4 is 5.78 Å². The van der Waals surface area contributed by atoms with E-state index >= 15 is 0 Å². The molecule has 0 saturated heterocycles. The van der Waals surface area contributed by atoms with E-state index < -0.39 is 0 Å². The zero-order chi connectivity index (χ0) is 13.5. The maximum Gasteiger partial charge on any atom is 0.176 e. The molecule has 1 aromatic carbocycles. The molecular formula is C15H23NO2. The zero-order valence-corrected chi connectivity index (χ0v) is 11.5. The van der Waals surface area contributed by atoms with E-state index in [-0.39, 0.29) is 11.5 Å². The number of hydrogen-bond acceptors (Lipinski definition) is 3. The summed E-state index contributed by atoms with van der Waals surface area (Å²) in [6.45, 7) is 8.73. The number of carbonyl (C=O) groups excluding carboxylic acids is 1. The van der Waals surface area contributed by atoms with Crippen LogP contribution in [0, 0.1) is 5.92 Å². The number of carbonyl (C=O) groups is 1. The van der Waals surface area contributed by atoms with Crippen molar-refractivity contribution in [1.29, 1.82) is 0 Å². The lowest BCUT2D eigenvalue weighted by atomic mass is 10.1. The van der Waals surface area contributed by atoms with E-state index in [1.165, 1.54) is 0 Å². The van der Waals surface area contributed by atoms with Gasteiger partial charge in [-0.25, -0.2) is 0 Å². The Labute approximate surface area is 109 Å². The Balaban J connectivity index is 2.59. The molecule has 1 unspecified atom stereocenters. The zero-order valence-electron chi connectivity index (χ0n) is 11.5. The highest BCUT2D eigenvalue weighted by atomic mass is 16.3. The number of aromatic hydroxyl groups is 1. The maximum absolute atomic E-state index is 12.1. The van der Waals surface area contributed by atoms with E-state index in [9.17, 15) is 9.90 Å². The van der Waals surface area contributed by atoms with Gasteiger partial charge in [-0.1, -0.05) is 27.2 Å². The summed E-state index contributed by atoms with van der Waals surface area (Å²) in [5.74, 6) is 0.913. The first-order chi connectivity index (χ1) is 8.56. The Morgan fingerprint density at radius 3 is 2.39 bits per heavy atom. The van der Waals surface area contributed by atoms with Crippen molar-refractivity contribution in [2.24, 2.45) is 5.92 Å². The number of nitrogens with zero attached hydrogens (tertiary/aromatic N) is 1. The predicted molar refractivity (Wildman–Crippen MR) is 74.0 cm³/mol. The first-order valence-corrected chi connectivity index (χ1v) is 6.61. The van der Waals surface area contributed by atoms with Crippen LogP contribution in [0.3, 0.4) is 0 Å². The molecule has 3 nitrogen and oxygen atoms in total. The third kappa shape index (κ3) is 4.49. The molecular weight excluding hydrogens is 226 g/mol. The van der Waals surface area contributed by atoms with Crippen LogP contribution in [0.1, 0.15) is 37.6 Å². The number of ketones is 1. The summed E-state index contributed by atoms with van der Waals surface area (Å²) >= 11 is 0. The van der Waals surface area contributed by atoms with Gasteiger partial charge >= 0.3 is 0 Å². The molecule has 1 atom stereocenters. The highest BCUT2D eigenvalue weighted by Gasteiger charge is 2.13. The van der Waals surface area contributed by atoms with Gasteiger partial charge in [-0.15, -0.1) is 0 Å². The van der Waals surface area contributed by atoms with Gasteiger partial charge in [-0.05, 0) is 36.7 Å². The molecule has 100 valence electrons. The summed E-state index contributed by atoms with van der Waals surface area (Å²) in [6, 6.07) is 6.46. The molecule has 1 rings (SSSR count). The van der Waals surface area contributed by atoms with E-state index in [0.717, 1.165) is 19.5 Å². The Morgan fingerprint density at radius 2 is 1.89 bits per heavy atom. The Kier molecular flexibility index (Phi) is 5.86. The lowest BCUT2D eigenvalue weighted by molar-refractivity contribution is 0.0924. The van der Waals surface area contributed by atoms with Crippen LogP contribution < -0.4 is 0 Å². The van der Waals surface area contributed by atoms with Gasteiger partial charge < -0.3 is 5.11 Å². The van der Waals surface area contributed by atoms with Crippen LogP contribution in [-0.4, -0.2) is 35.4 Å². The molecule has 0 aliphatic heterocycles. The average molecular weight is 249 g/mol. The van der Waals surface area contributed by atoms with E-state index in [4.69, 9.17) is 0 Å². The smallest absolute Gasteiger partial charge is 0.176 e. The minimum absolute atomic E-state index is 0.111. The summed E-state index contributed by atoms with van der Waals surface area (Å²) < 4.78 is 0. The molecule has 0 aliphatic rings. The minimum atomic E-state index is 0.111. The quantitative estimate of drug-likeness (QED) is 0.755. The van der Waals surface area contributed by atoms with E-state index in [0.29, 0.717) is 18.0 Å². The number of benzene rings is 1. The van der Waals surface area contributed by atoms with Gasteiger partial charge in [0.1, 0.15) is 5.75 Å². The highest BCUT2D eigenvalue weighted by Crippen LogP contribution is 2.11. The van der Waals surface area contributed by atoms with Gasteiger partial charge in [-0.3, -0.25) is 9.69 Å². The fraction of sp³-hybridized carbons (Fsp3) is 0.533. The standard InChI is InChI=1S/C15H23NO2/c1-4-12(3)10-16(5-2)11-15(18)13-6-8-14(17)9-7-13/h6-9,12,17H,4-5,10-11H2,1-3H3. The fourth-order valence-electron chi connectivity index (χ4n) is 1.82. The number of Topliss-reactive ketones (excluding diaryl/α,β-unsaturated/α-hetero) is 1. The number of rotatable bonds is 7. The van der Waals surface area contributed by atoms with Crippen LogP contribution in [0.25, 0.3) is 0 Å². The van der Waals surface area contributed by atoms with E-state index in [2.05, 4.69) is 25.7 Å². The molecule has 0 spiro atoms. The van der Waals surface area contributed by atoms with Gasteiger partial charge in [0.2, 0.25) is 0 Å². The molecule has 0 heterocycles. The van der Waals surface area contributed by atoms with Gasteiger partial charge in [0.15, 0.2) is 5.78 Å². The van der Waals surface area contributed by atoms with Crippen molar-refractivity contribution in [2.75, 3.05) is 19.6 Å². The van der Waals surface area contributed by atoms with Crippen LogP contribution in [0.4, 0.5) is 0 Å². The van der Waals surface area contributed by atoms with Crippen molar-refractivity contribution in [3.8, 4) is 5.75 Å². The maximum atomic E-state index is 12.1. The van der Waals surface area contributed by atoms with Crippen molar-refractivity contribution < 1.29 is 9.90 Å². The first kappa shape index (κ1) is 14.7. The molecule has 0 bridgehead atoms. The van der Waals surface area contributed by atoms with Gasteiger partial charge in [-0.2, -0.15) is 0 Å². The third-order valence-electron chi connectivity index (χ3n) is 3.27. The average Bonchev–Trinajstić information content (AvgIpc) is 2.38. The van der Waals surface area contributed by atoms with Gasteiger partial charge in [0.05, 0.1) is 6.54 Å². The van der Waals surface area contributed by atoms with E-state index in [1.54, 1.807) is 24.3 Å². The molecule has 3 heteroatoms. The molecule has 1 N–H and O–H groups in total. The Bertz CT molecular complexity index is 373. The van der Waals surface area contributed by atoms with E-state index in [1.807, 2.05) is 0 Å². The molecule has 0 fully saturated rings. The van der Waals surface area contributed by atoms with Crippen LogP contribution in [-0.2, 0) is 0 Å². The number of hydrogen-bond donors (Lipinski definition) is 1. The van der Waals surface area contributed by atoms with Gasteiger partial charge in [0.25, 0.3) is 0 Å². The largest absolute Gasteiger partial charge is 0.508 e. The van der Waals surface area contributed by atoms with Gasteiger partial charge in [0, 0.05) is 12.1 Å². The monoisotopic (exact) mass is 249 g/mol. The lowest BCUT2D eigenvalue weighted by Gasteiger charge is -2.22. The van der Waals surface area contributed by atoms with Crippen molar-refractivity contribution in [3.05, 3.63) is 29.8 Å². The third-order valence-corrected chi connectivity index (χ3v) is 3.27. The number of likely N-dealkylation sites (N-methyl/N-ethyl adjacent to an activating group) is 1. The summed E-state index contributed by atoms with van der Waals surface area (Å²) in [4.78, 5) is 14.2. The molecule has 0 aliphatic carbocycles. The summed E-state index contributed by atoms with van der Waals surface area (Å²) in [5, 5.41) is 9.20. The van der Waals surface area contributed by atoms with Crippen molar-refractivity contribution in [2.45, 2.75) is 27.2 Å². The topological polar surface area (TPSA) is 40.5 Å². The molecule has 18 heavy (non-hydrogen) atoms. The minimum Gasteiger partial charge on any atom is -0.508 e. The Hall–Kier alpha value is -1.35. The number of phenolic OH excluding ortho intramolecular Hbond substituents is 1. The molecule has 0 amide bonds. The highest BCUT2D eigenvalue weighted by molar-refractivity contribution is 5.97. The van der Waals surface area contributed by atoms with Crippen LogP contribution in [0.15, 0.2) is 24.3 Å². The summed E-state index contributed by atoms with van der Waals surface area (Å²) in [5.41, 5.74) is 0.662. The van der Waals surface area contributed by atoms with Crippen molar-refractivity contribution in [3.63, 3.8) is 0 Å². The molecule has 0 saturated carbocycles. The SMILES string of the molecule is CCC(C)CN(CC)CC(=O)c1ccc(O)cc1. The normalized spacial score (nSPS) is 12.7. The van der Waals surface area contributed by atoms with Crippen molar-refractivity contribution in [1.82, 2.24) is 4.90 Å². The first-order valence-electron chi connectivity index (χ1n) is 6.61. The second-order valence-corrected chi connectivity index (χ2v) is 4.81. The molecule has 1 aromatic rings. The molecule has 0 aromatic heterocycles. The van der Waals surface area contributed by atoms with Crippen LogP contribution >= 0.6 is 0 Å². The Morgan fingerprint density at radius 1 is 1.28 bits per heavy atom. The summed E-state index contributed by atoms with van der Waals surface area (Å²) in [6.07, 6.45) is 1.13. The molecule has 0 radical (unpaired) electrons. The van der Waals surface area contributed by atoms with Crippen LogP contribution in [0.2, 0.25) is 0 Å². The number of phenols is 1. The lowest BCUT2D eigenvalue weighted by Crippen LogP contribution is -2.33. The second-order valence-electron chi connectivity index (χ2n) is 4.81. The predicted octanol–water partition coefficient (Wildman–Crippen LogP) is 2.94. The summed E-state index contributed by atoms with van der Waals surface area (Å²) in [7, 11) is 0. The fourth-order valence-corrected chi connectivity index (χ4v) is 1.82. The van der Waals surface area contributed by atoms with Crippen LogP contribution in [0.5, 0.6) is 5.75 Å². The second kappa shape index (κ2) is 7.17.